The Morgan fingerprint density at radius 2 is 1.77 bits per heavy atom. The van der Waals surface area contributed by atoms with Gasteiger partial charge in [-0.15, -0.1) is 0 Å². The lowest BCUT2D eigenvalue weighted by atomic mass is 10.0. The van der Waals surface area contributed by atoms with Crippen LogP contribution in [0.5, 0.6) is 0 Å². The summed E-state index contributed by atoms with van der Waals surface area (Å²) in [4.78, 5) is 20.2. The Morgan fingerprint density at radius 1 is 1.10 bits per heavy atom. The van der Waals surface area contributed by atoms with E-state index in [9.17, 15) is 4.79 Å². The zero-order valence-corrected chi connectivity index (χ0v) is 17.3. The minimum Gasteiger partial charge on any atom is -0.350 e. The first-order valence-electron chi connectivity index (χ1n) is 10.2. The monoisotopic (exact) mass is 399 g/mol. The summed E-state index contributed by atoms with van der Waals surface area (Å²) in [6, 6.07) is 17.6. The predicted octanol–water partition coefficient (Wildman–Crippen LogP) is 3.22. The van der Waals surface area contributed by atoms with Gasteiger partial charge in [0.05, 0.1) is 23.0 Å². The molecule has 3 aromatic rings. The molecule has 1 unspecified atom stereocenters. The number of aryl methyl sites for hydroxylation is 1. The topological polar surface area (TPSA) is 87.9 Å². The zero-order valence-electron chi connectivity index (χ0n) is 17.3. The number of aromatic nitrogens is 2. The molecule has 0 aliphatic carbocycles. The summed E-state index contributed by atoms with van der Waals surface area (Å²) in [6.45, 7) is 3.43. The van der Waals surface area contributed by atoms with Gasteiger partial charge < -0.3 is 15.2 Å². The minimum absolute atomic E-state index is 0.0420. The molecule has 0 spiro atoms. The Morgan fingerprint density at radius 3 is 2.40 bits per heavy atom. The molecule has 1 aliphatic rings. The van der Waals surface area contributed by atoms with Crippen LogP contribution in [-0.2, 0) is 7.05 Å². The molecule has 0 saturated carbocycles. The van der Waals surface area contributed by atoms with Gasteiger partial charge >= 0.3 is 0 Å². The molecule has 2 N–H and O–H groups in total. The van der Waals surface area contributed by atoms with E-state index >= 15 is 0 Å². The van der Waals surface area contributed by atoms with Crippen molar-refractivity contribution < 1.29 is 0 Å². The van der Waals surface area contributed by atoms with E-state index in [1.807, 2.05) is 48.2 Å². The SMILES string of the molecule is Cc1ccc(-c2c(-c3ccc(C#N)cc3)nc(N3CCCC(N)C3)c(=O)n2C)cc1. The van der Waals surface area contributed by atoms with Gasteiger partial charge in [0.2, 0.25) is 0 Å². The van der Waals surface area contributed by atoms with Crippen LogP contribution in [0.15, 0.2) is 53.3 Å². The Kier molecular flexibility index (Phi) is 5.39. The summed E-state index contributed by atoms with van der Waals surface area (Å²) in [7, 11) is 1.79. The minimum atomic E-state index is -0.128. The standard InChI is InChI=1S/C24H25N5O/c1-16-5-9-19(10-6-16)22-21(18-11-7-17(14-25)8-12-18)27-23(24(30)28(22)2)29-13-3-4-20(26)15-29/h5-12,20H,3-4,13,15,26H2,1-2H3. The molecule has 30 heavy (non-hydrogen) atoms. The number of benzene rings is 2. The molecule has 1 aromatic heterocycles. The van der Waals surface area contributed by atoms with Crippen molar-refractivity contribution >= 4 is 5.82 Å². The number of nitrogens with zero attached hydrogens (tertiary/aromatic N) is 4. The molecule has 6 nitrogen and oxygen atoms in total. The molecular formula is C24H25N5O. The molecule has 1 aliphatic heterocycles. The second-order valence-electron chi connectivity index (χ2n) is 7.90. The Hall–Kier alpha value is -3.43. The fourth-order valence-electron chi connectivity index (χ4n) is 3.97. The van der Waals surface area contributed by atoms with E-state index in [1.165, 1.54) is 0 Å². The van der Waals surface area contributed by atoms with E-state index in [2.05, 4.69) is 6.07 Å². The van der Waals surface area contributed by atoms with Crippen molar-refractivity contribution in [3.8, 4) is 28.6 Å². The van der Waals surface area contributed by atoms with Gasteiger partial charge in [0.25, 0.3) is 5.56 Å². The van der Waals surface area contributed by atoms with Crippen LogP contribution in [0, 0.1) is 18.3 Å². The molecule has 2 aromatic carbocycles. The van der Waals surface area contributed by atoms with Crippen LogP contribution in [-0.4, -0.2) is 28.7 Å². The lowest BCUT2D eigenvalue weighted by molar-refractivity contribution is 0.501. The van der Waals surface area contributed by atoms with Crippen molar-refractivity contribution in [2.45, 2.75) is 25.8 Å². The molecule has 2 heterocycles. The van der Waals surface area contributed by atoms with Gasteiger partial charge in [0, 0.05) is 37.3 Å². The van der Waals surface area contributed by atoms with Gasteiger partial charge in [0.1, 0.15) is 0 Å². The third-order valence-electron chi connectivity index (χ3n) is 5.64. The van der Waals surface area contributed by atoms with Crippen LogP contribution >= 0.6 is 0 Å². The smallest absolute Gasteiger partial charge is 0.293 e. The van der Waals surface area contributed by atoms with E-state index in [1.54, 1.807) is 23.7 Å². The second kappa shape index (κ2) is 8.13. The fraction of sp³-hybridized carbons (Fsp3) is 0.292. The van der Waals surface area contributed by atoms with Gasteiger partial charge in [-0.3, -0.25) is 4.79 Å². The quantitative estimate of drug-likeness (QED) is 0.731. The molecule has 1 atom stereocenters. The normalized spacial score (nSPS) is 16.3. The molecule has 0 radical (unpaired) electrons. The van der Waals surface area contributed by atoms with Crippen molar-refractivity contribution in [3.63, 3.8) is 0 Å². The summed E-state index contributed by atoms with van der Waals surface area (Å²) in [5.41, 5.74) is 11.0. The van der Waals surface area contributed by atoms with E-state index < -0.39 is 0 Å². The van der Waals surface area contributed by atoms with E-state index in [4.69, 9.17) is 16.0 Å². The lowest BCUT2D eigenvalue weighted by Crippen LogP contribution is -2.46. The lowest BCUT2D eigenvalue weighted by Gasteiger charge is -2.32. The third-order valence-corrected chi connectivity index (χ3v) is 5.64. The number of hydrogen-bond acceptors (Lipinski definition) is 5. The molecule has 1 saturated heterocycles. The highest BCUT2D eigenvalue weighted by molar-refractivity contribution is 5.79. The largest absolute Gasteiger partial charge is 0.350 e. The highest BCUT2D eigenvalue weighted by Crippen LogP contribution is 2.31. The first-order valence-corrected chi connectivity index (χ1v) is 10.2. The van der Waals surface area contributed by atoms with E-state index in [0.29, 0.717) is 17.9 Å². The number of piperidine rings is 1. The average molecular weight is 399 g/mol. The Labute approximate surface area is 176 Å². The van der Waals surface area contributed by atoms with Crippen molar-refractivity contribution in [2.24, 2.45) is 12.8 Å². The highest BCUT2D eigenvalue weighted by atomic mass is 16.1. The van der Waals surface area contributed by atoms with Crippen LogP contribution in [0.1, 0.15) is 24.0 Å². The van der Waals surface area contributed by atoms with Gasteiger partial charge in [-0.25, -0.2) is 4.98 Å². The maximum Gasteiger partial charge on any atom is 0.293 e. The first kappa shape index (κ1) is 19.9. The number of anilines is 1. The maximum absolute atomic E-state index is 13.3. The fourth-order valence-corrected chi connectivity index (χ4v) is 3.97. The summed E-state index contributed by atoms with van der Waals surface area (Å²) < 4.78 is 1.68. The summed E-state index contributed by atoms with van der Waals surface area (Å²) in [5, 5.41) is 9.15. The van der Waals surface area contributed by atoms with Crippen molar-refractivity contribution in [1.82, 2.24) is 9.55 Å². The Bertz CT molecular complexity index is 1160. The van der Waals surface area contributed by atoms with Crippen LogP contribution in [0.3, 0.4) is 0 Å². The van der Waals surface area contributed by atoms with E-state index in [0.717, 1.165) is 47.5 Å². The number of nitrogens with two attached hydrogens (primary N) is 1. The highest BCUT2D eigenvalue weighted by Gasteiger charge is 2.24. The predicted molar refractivity (Wildman–Crippen MR) is 119 cm³/mol. The average Bonchev–Trinajstić information content (AvgIpc) is 2.76. The van der Waals surface area contributed by atoms with Crippen LogP contribution in [0.2, 0.25) is 0 Å². The Balaban J connectivity index is 1.94. The summed E-state index contributed by atoms with van der Waals surface area (Å²) >= 11 is 0. The molecular weight excluding hydrogens is 374 g/mol. The van der Waals surface area contributed by atoms with Crippen molar-refractivity contribution in [1.29, 1.82) is 5.26 Å². The summed E-state index contributed by atoms with van der Waals surface area (Å²) in [6.07, 6.45) is 1.90. The molecule has 152 valence electrons. The van der Waals surface area contributed by atoms with Gasteiger partial charge in [-0.2, -0.15) is 5.26 Å². The molecule has 6 heteroatoms. The number of hydrogen-bond donors (Lipinski definition) is 1. The van der Waals surface area contributed by atoms with Crippen LogP contribution < -0.4 is 16.2 Å². The molecule has 0 bridgehead atoms. The van der Waals surface area contributed by atoms with Crippen molar-refractivity contribution in [2.75, 3.05) is 18.0 Å². The molecule has 0 amide bonds. The van der Waals surface area contributed by atoms with Gasteiger partial charge in [-0.1, -0.05) is 42.0 Å². The van der Waals surface area contributed by atoms with Crippen LogP contribution in [0.4, 0.5) is 5.82 Å². The maximum atomic E-state index is 13.3. The molecule has 1 fully saturated rings. The second-order valence-corrected chi connectivity index (χ2v) is 7.90. The third kappa shape index (κ3) is 3.72. The zero-order chi connectivity index (χ0) is 21.3. The number of rotatable bonds is 3. The number of nitriles is 1. The van der Waals surface area contributed by atoms with Crippen LogP contribution in [0.25, 0.3) is 22.5 Å². The molecule has 4 rings (SSSR count). The van der Waals surface area contributed by atoms with Gasteiger partial charge in [-0.05, 0) is 31.9 Å². The first-order chi connectivity index (χ1) is 14.5. The summed E-state index contributed by atoms with van der Waals surface area (Å²) in [5.74, 6) is 0.433. The van der Waals surface area contributed by atoms with Crippen molar-refractivity contribution in [3.05, 3.63) is 70.0 Å². The van der Waals surface area contributed by atoms with Gasteiger partial charge in [0.15, 0.2) is 5.82 Å². The van der Waals surface area contributed by atoms with E-state index in [-0.39, 0.29) is 11.6 Å².